The van der Waals surface area contributed by atoms with Gasteiger partial charge in [0.15, 0.2) is 0 Å². The molecule has 0 N–H and O–H groups in total. The van der Waals surface area contributed by atoms with Crippen molar-refractivity contribution in [3.05, 3.63) is 58.5 Å². The average molecular weight is 440 g/mol. The van der Waals surface area contributed by atoms with Crippen LogP contribution in [-0.4, -0.2) is 9.97 Å². The molecule has 0 aliphatic rings. The maximum absolute atomic E-state index is 4.66. The van der Waals surface area contributed by atoms with Gasteiger partial charge >= 0.3 is 0 Å². The smallest absolute Gasteiger partial charge is 0.101 e. The fourth-order valence-corrected chi connectivity index (χ4v) is 4.16. The van der Waals surface area contributed by atoms with E-state index in [2.05, 4.69) is 46.4 Å². The first-order chi connectivity index (χ1) is 9.38. The molecule has 2 nitrogen and oxygen atoms in total. The Morgan fingerprint density at radius 1 is 0.652 bits per heavy atom. The second-order valence-corrected chi connectivity index (χ2v) is 6.56. The molecule has 0 saturated heterocycles. The summed E-state index contributed by atoms with van der Waals surface area (Å²) >= 11 is 3.52. The molecule has 121 valence electrons. The Hall–Kier alpha value is -0.326. The molecule has 1 radical (unpaired) electrons. The molecule has 0 spiro atoms. The van der Waals surface area contributed by atoms with Gasteiger partial charge in [-0.05, 0) is 24.3 Å². The summed E-state index contributed by atoms with van der Waals surface area (Å²) < 4.78 is 2.50. The molecule has 2 aromatic carbocycles. The topological polar surface area (TPSA) is 25.8 Å². The summed E-state index contributed by atoms with van der Waals surface area (Å²) in [5.74, 6) is 0. The molecular formula is C15H10Cl3N2S2V-3. The van der Waals surface area contributed by atoms with Crippen LogP contribution in [0.4, 0.5) is 0 Å². The number of hydrogen-bond acceptors (Lipinski definition) is 4. The summed E-state index contributed by atoms with van der Waals surface area (Å²) in [5, 5.41) is 2.28. The Labute approximate surface area is 172 Å². The summed E-state index contributed by atoms with van der Waals surface area (Å²) in [6.07, 6.45) is 0.832. The number of halogens is 3. The zero-order chi connectivity index (χ0) is 12.7. The van der Waals surface area contributed by atoms with Gasteiger partial charge in [0.05, 0.1) is 26.9 Å². The van der Waals surface area contributed by atoms with Crippen molar-refractivity contribution in [2.45, 2.75) is 6.42 Å². The van der Waals surface area contributed by atoms with Crippen LogP contribution in [0.5, 0.6) is 0 Å². The third-order valence-electron chi connectivity index (χ3n) is 2.98. The summed E-state index contributed by atoms with van der Waals surface area (Å²) in [7, 11) is 0. The van der Waals surface area contributed by atoms with E-state index >= 15 is 0 Å². The van der Waals surface area contributed by atoms with Crippen LogP contribution in [0.3, 0.4) is 0 Å². The predicted octanol–water partition coefficient (Wildman–Crippen LogP) is -4.49. The fourth-order valence-electron chi connectivity index (χ4n) is 2.12. The molecule has 2 heterocycles. The average Bonchev–Trinajstić information content (AvgIpc) is 3.00. The molecule has 0 bridgehead atoms. The van der Waals surface area contributed by atoms with E-state index in [1.807, 2.05) is 12.1 Å². The first-order valence-electron chi connectivity index (χ1n) is 6.07. The number of nitrogens with zero attached hydrogens (tertiary/aromatic N) is 2. The van der Waals surface area contributed by atoms with E-state index in [0.29, 0.717) is 0 Å². The van der Waals surface area contributed by atoms with E-state index < -0.39 is 0 Å². The Kier molecular flexibility index (Phi) is 9.71. The van der Waals surface area contributed by atoms with Gasteiger partial charge in [0.25, 0.3) is 0 Å². The quantitative estimate of drug-likeness (QED) is 0.315. The largest absolute Gasteiger partial charge is 1.00 e. The van der Waals surface area contributed by atoms with Crippen molar-refractivity contribution in [2.24, 2.45) is 0 Å². The minimum atomic E-state index is 0. The van der Waals surface area contributed by atoms with E-state index in [9.17, 15) is 0 Å². The van der Waals surface area contributed by atoms with Crippen LogP contribution in [-0.2, 0) is 25.0 Å². The third kappa shape index (κ3) is 4.83. The van der Waals surface area contributed by atoms with Gasteiger partial charge in [-0.25, -0.2) is 9.97 Å². The summed E-state index contributed by atoms with van der Waals surface area (Å²) in [5.41, 5.74) is 2.17. The van der Waals surface area contributed by atoms with Crippen molar-refractivity contribution >= 4 is 43.1 Å². The number of para-hydroxylation sites is 2. The summed E-state index contributed by atoms with van der Waals surface area (Å²) in [4.78, 5) is 9.33. The maximum atomic E-state index is 4.66. The Balaban J connectivity index is 0.00000121. The molecular weight excluding hydrogens is 430 g/mol. The third-order valence-corrected chi connectivity index (χ3v) is 5.05. The van der Waals surface area contributed by atoms with E-state index in [1.165, 1.54) is 9.40 Å². The number of benzene rings is 2. The van der Waals surface area contributed by atoms with Crippen molar-refractivity contribution in [2.75, 3.05) is 0 Å². The van der Waals surface area contributed by atoms with Crippen molar-refractivity contribution in [3.8, 4) is 0 Å². The molecule has 4 rings (SSSR count). The molecule has 0 saturated carbocycles. The first kappa shape index (κ1) is 22.7. The van der Waals surface area contributed by atoms with Crippen molar-refractivity contribution in [1.29, 1.82) is 0 Å². The molecule has 0 atom stereocenters. The van der Waals surface area contributed by atoms with Gasteiger partial charge in [-0.15, -0.1) is 22.7 Å². The molecule has 8 heteroatoms. The van der Waals surface area contributed by atoms with Crippen LogP contribution in [0.15, 0.2) is 48.5 Å². The first-order valence-corrected chi connectivity index (χ1v) is 7.71. The van der Waals surface area contributed by atoms with E-state index in [-0.39, 0.29) is 55.8 Å². The van der Waals surface area contributed by atoms with Crippen LogP contribution >= 0.6 is 22.7 Å². The molecule has 2 aromatic heterocycles. The second kappa shape index (κ2) is 9.85. The standard InChI is InChI=1S/C15H10N2S2.3ClH.V/c1-3-7-12-10(5-1)16-14(18-12)9-15-17-11-6-2-4-8-13(11)19-15;;;;/h1-8H,9H2;3*1H;/p-3. The number of fused-ring (bicyclic) bond motifs is 2. The minimum absolute atomic E-state index is 0. The van der Waals surface area contributed by atoms with Crippen LogP contribution in [0.1, 0.15) is 10.0 Å². The zero-order valence-electron chi connectivity index (χ0n) is 11.6. The fraction of sp³-hybridized carbons (Fsp3) is 0.0667. The van der Waals surface area contributed by atoms with E-state index in [4.69, 9.17) is 0 Å². The number of rotatable bonds is 2. The molecule has 0 unspecified atom stereocenters. The van der Waals surface area contributed by atoms with Crippen molar-refractivity contribution in [1.82, 2.24) is 9.97 Å². The predicted molar refractivity (Wildman–Crippen MR) is 82.0 cm³/mol. The monoisotopic (exact) mass is 438 g/mol. The Morgan fingerprint density at radius 3 is 1.43 bits per heavy atom. The van der Waals surface area contributed by atoms with Gasteiger partial charge in [-0.2, -0.15) is 0 Å². The van der Waals surface area contributed by atoms with Gasteiger partial charge < -0.3 is 37.2 Å². The molecule has 23 heavy (non-hydrogen) atoms. The minimum Gasteiger partial charge on any atom is -1.00 e. The number of hydrogen-bond donors (Lipinski definition) is 0. The maximum Gasteiger partial charge on any atom is 0.101 e. The van der Waals surface area contributed by atoms with Crippen molar-refractivity contribution < 1.29 is 55.8 Å². The summed E-state index contributed by atoms with van der Waals surface area (Å²) in [6, 6.07) is 16.5. The normalized spacial score (nSPS) is 9.39. The Morgan fingerprint density at radius 2 is 1.04 bits per heavy atom. The van der Waals surface area contributed by atoms with Crippen LogP contribution < -0.4 is 37.2 Å². The molecule has 0 aliphatic heterocycles. The van der Waals surface area contributed by atoms with Crippen LogP contribution in [0.2, 0.25) is 0 Å². The van der Waals surface area contributed by atoms with E-state index in [0.717, 1.165) is 27.5 Å². The number of thiazole rings is 2. The van der Waals surface area contributed by atoms with Crippen LogP contribution in [0.25, 0.3) is 20.4 Å². The van der Waals surface area contributed by atoms with Gasteiger partial charge in [-0.3, -0.25) is 0 Å². The molecule has 0 aliphatic carbocycles. The second-order valence-electron chi connectivity index (χ2n) is 4.33. The van der Waals surface area contributed by atoms with Crippen molar-refractivity contribution in [3.63, 3.8) is 0 Å². The Bertz CT molecular complexity index is 741. The zero-order valence-corrected chi connectivity index (χ0v) is 16.9. The molecule has 0 fully saturated rings. The summed E-state index contributed by atoms with van der Waals surface area (Å²) in [6.45, 7) is 0. The van der Waals surface area contributed by atoms with Gasteiger partial charge in [0.1, 0.15) is 10.0 Å². The molecule has 4 aromatic rings. The van der Waals surface area contributed by atoms with Gasteiger partial charge in [-0.1, -0.05) is 24.3 Å². The van der Waals surface area contributed by atoms with Crippen LogP contribution in [0, 0.1) is 0 Å². The SMILES string of the molecule is [Cl-].[Cl-].[Cl-].[V].c1ccc2sc(Cc3nc4ccccc4s3)nc2c1. The van der Waals surface area contributed by atoms with Gasteiger partial charge in [0.2, 0.25) is 0 Å². The van der Waals surface area contributed by atoms with Gasteiger partial charge in [0, 0.05) is 18.6 Å². The number of aromatic nitrogens is 2. The molecule has 0 amide bonds. The van der Waals surface area contributed by atoms with E-state index in [1.54, 1.807) is 22.7 Å².